The minimum Gasteiger partial charge on any atom is -0.354 e. The molecule has 7 nitrogen and oxygen atoms in total. The molecule has 1 saturated heterocycles. The van der Waals surface area contributed by atoms with Gasteiger partial charge in [-0.25, -0.2) is 0 Å². The molecule has 1 aromatic carbocycles. The van der Waals surface area contributed by atoms with Gasteiger partial charge in [-0.1, -0.05) is 11.6 Å². The summed E-state index contributed by atoms with van der Waals surface area (Å²) in [4.78, 5) is 33.7. The SMILES string of the molecule is O=C(NC1CCCNC1=O)c1cc([N+](=O)[O-])ccc1Cl. The molecular weight excluding hydrogens is 286 g/mol. The Morgan fingerprint density at radius 2 is 2.25 bits per heavy atom. The van der Waals surface area contributed by atoms with Crippen LogP contribution in [0.3, 0.4) is 0 Å². The lowest BCUT2D eigenvalue weighted by atomic mass is 10.1. The van der Waals surface area contributed by atoms with Gasteiger partial charge in [0.05, 0.1) is 15.5 Å². The molecule has 1 fully saturated rings. The predicted molar refractivity (Wildman–Crippen MR) is 71.6 cm³/mol. The number of rotatable bonds is 3. The number of carbonyl (C=O) groups is 2. The first-order chi connectivity index (χ1) is 9.49. The van der Waals surface area contributed by atoms with E-state index in [2.05, 4.69) is 10.6 Å². The van der Waals surface area contributed by atoms with Crippen LogP contribution in [0.4, 0.5) is 5.69 Å². The van der Waals surface area contributed by atoms with E-state index >= 15 is 0 Å². The molecule has 0 aliphatic carbocycles. The zero-order valence-corrected chi connectivity index (χ0v) is 11.1. The van der Waals surface area contributed by atoms with Crippen LogP contribution in [-0.2, 0) is 4.79 Å². The summed E-state index contributed by atoms with van der Waals surface area (Å²) in [6, 6.07) is 2.96. The average Bonchev–Trinajstić information content (AvgIpc) is 2.41. The van der Waals surface area contributed by atoms with Gasteiger partial charge in [-0.3, -0.25) is 19.7 Å². The molecule has 0 saturated carbocycles. The topological polar surface area (TPSA) is 101 Å². The number of amides is 2. The fraction of sp³-hybridized carbons (Fsp3) is 0.333. The van der Waals surface area contributed by atoms with Crippen molar-refractivity contribution in [3.8, 4) is 0 Å². The second-order valence-electron chi connectivity index (χ2n) is 4.38. The molecule has 0 bridgehead atoms. The Kier molecular flexibility index (Phi) is 4.19. The van der Waals surface area contributed by atoms with Crippen LogP contribution >= 0.6 is 11.6 Å². The van der Waals surface area contributed by atoms with Gasteiger partial charge < -0.3 is 10.6 Å². The summed E-state index contributed by atoms with van der Waals surface area (Å²) < 4.78 is 0. The van der Waals surface area contributed by atoms with Crippen molar-refractivity contribution in [3.05, 3.63) is 38.9 Å². The molecule has 1 aromatic rings. The number of hydrogen-bond donors (Lipinski definition) is 2. The maximum Gasteiger partial charge on any atom is 0.270 e. The molecule has 106 valence electrons. The van der Waals surface area contributed by atoms with E-state index in [4.69, 9.17) is 11.6 Å². The second kappa shape index (κ2) is 5.87. The first-order valence-corrected chi connectivity index (χ1v) is 6.39. The third kappa shape index (κ3) is 3.05. The Morgan fingerprint density at radius 1 is 1.50 bits per heavy atom. The fourth-order valence-electron chi connectivity index (χ4n) is 1.95. The first kappa shape index (κ1) is 14.3. The Balaban J connectivity index is 2.18. The third-order valence-corrected chi connectivity index (χ3v) is 3.33. The quantitative estimate of drug-likeness (QED) is 0.647. The molecule has 2 N–H and O–H groups in total. The molecule has 1 aliphatic heterocycles. The number of carbonyl (C=O) groups excluding carboxylic acids is 2. The molecule has 1 atom stereocenters. The molecule has 2 rings (SSSR count). The molecule has 1 unspecified atom stereocenters. The number of piperidine rings is 1. The fourth-order valence-corrected chi connectivity index (χ4v) is 2.15. The number of non-ortho nitro benzene ring substituents is 1. The van der Waals surface area contributed by atoms with E-state index in [0.29, 0.717) is 13.0 Å². The number of nitrogens with one attached hydrogen (secondary N) is 2. The lowest BCUT2D eigenvalue weighted by Crippen LogP contribution is -2.50. The van der Waals surface area contributed by atoms with Crippen molar-refractivity contribution in [2.75, 3.05) is 6.54 Å². The summed E-state index contributed by atoms with van der Waals surface area (Å²) >= 11 is 5.87. The van der Waals surface area contributed by atoms with Gasteiger partial charge in [0.2, 0.25) is 5.91 Å². The maximum absolute atomic E-state index is 12.1. The van der Waals surface area contributed by atoms with Crippen molar-refractivity contribution in [1.29, 1.82) is 0 Å². The summed E-state index contributed by atoms with van der Waals surface area (Å²) in [5.41, 5.74) is -0.244. The van der Waals surface area contributed by atoms with Gasteiger partial charge in [0, 0.05) is 18.7 Å². The number of benzene rings is 1. The van der Waals surface area contributed by atoms with Crippen molar-refractivity contribution in [2.24, 2.45) is 0 Å². The molecule has 1 heterocycles. The van der Waals surface area contributed by atoms with Crippen molar-refractivity contribution in [3.63, 3.8) is 0 Å². The largest absolute Gasteiger partial charge is 0.354 e. The number of hydrogen-bond acceptors (Lipinski definition) is 4. The molecule has 2 amide bonds. The van der Waals surface area contributed by atoms with E-state index in [1.165, 1.54) is 12.1 Å². The molecule has 0 radical (unpaired) electrons. The molecular formula is C12H12ClN3O4. The van der Waals surface area contributed by atoms with Crippen LogP contribution in [0, 0.1) is 10.1 Å². The Labute approximate surface area is 119 Å². The van der Waals surface area contributed by atoms with Crippen molar-refractivity contribution >= 4 is 29.1 Å². The summed E-state index contributed by atoms with van der Waals surface area (Å²) in [6.07, 6.45) is 1.30. The lowest BCUT2D eigenvalue weighted by Gasteiger charge is -2.22. The van der Waals surface area contributed by atoms with Gasteiger partial charge in [-0.15, -0.1) is 0 Å². The van der Waals surface area contributed by atoms with E-state index in [9.17, 15) is 19.7 Å². The zero-order valence-electron chi connectivity index (χ0n) is 10.4. The molecule has 0 spiro atoms. The van der Waals surface area contributed by atoms with E-state index in [-0.39, 0.29) is 22.2 Å². The summed E-state index contributed by atoms with van der Waals surface area (Å²) in [5.74, 6) is -0.855. The number of nitrogens with zero attached hydrogens (tertiary/aromatic N) is 1. The third-order valence-electron chi connectivity index (χ3n) is 3.00. The van der Waals surface area contributed by atoms with Crippen LogP contribution in [-0.4, -0.2) is 29.3 Å². The molecule has 8 heteroatoms. The van der Waals surface area contributed by atoms with Crippen LogP contribution in [0.15, 0.2) is 18.2 Å². The standard InChI is InChI=1S/C12H12ClN3O4/c13-9-4-3-7(16(19)20)6-8(9)11(17)15-10-2-1-5-14-12(10)18/h3-4,6,10H,1-2,5H2,(H,14,18)(H,15,17). The van der Waals surface area contributed by atoms with E-state index in [0.717, 1.165) is 12.5 Å². The Morgan fingerprint density at radius 3 is 2.90 bits per heavy atom. The van der Waals surface area contributed by atoms with Gasteiger partial charge in [0.1, 0.15) is 6.04 Å². The number of nitro groups is 1. The Hall–Kier alpha value is -2.15. The summed E-state index contributed by atoms with van der Waals surface area (Å²) in [7, 11) is 0. The zero-order chi connectivity index (χ0) is 14.7. The average molecular weight is 298 g/mol. The van der Waals surface area contributed by atoms with Crippen LogP contribution < -0.4 is 10.6 Å². The normalized spacial score (nSPS) is 18.2. The highest BCUT2D eigenvalue weighted by Gasteiger charge is 2.25. The van der Waals surface area contributed by atoms with Gasteiger partial charge >= 0.3 is 0 Å². The predicted octanol–water partition coefficient (Wildman–Crippen LogP) is 1.26. The minimum absolute atomic E-state index is 0.0146. The van der Waals surface area contributed by atoms with Crippen molar-refractivity contribution in [2.45, 2.75) is 18.9 Å². The minimum atomic E-state index is -0.633. The summed E-state index contributed by atoms with van der Waals surface area (Å²) in [5, 5.41) is 16.0. The van der Waals surface area contributed by atoms with Gasteiger partial charge in [0.15, 0.2) is 0 Å². The summed E-state index contributed by atoms with van der Waals surface area (Å²) in [6.45, 7) is 0.586. The lowest BCUT2D eigenvalue weighted by molar-refractivity contribution is -0.384. The van der Waals surface area contributed by atoms with Crippen molar-refractivity contribution < 1.29 is 14.5 Å². The van der Waals surface area contributed by atoms with Gasteiger partial charge in [0.25, 0.3) is 11.6 Å². The smallest absolute Gasteiger partial charge is 0.270 e. The van der Waals surface area contributed by atoms with Crippen LogP contribution in [0.25, 0.3) is 0 Å². The number of nitro benzene ring substituents is 1. The monoisotopic (exact) mass is 297 g/mol. The number of halogens is 1. The molecule has 0 aromatic heterocycles. The second-order valence-corrected chi connectivity index (χ2v) is 4.79. The highest BCUT2D eigenvalue weighted by atomic mass is 35.5. The maximum atomic E-state index is 12.1. The van der Waals surface area contributed by atoms with Crippen LogP contribution in [0.1, 0.15) is 23.2 Å². The van der Waals surface area contributed by atoms with Gasteiger partial charge in [-0.2, -0.15) is 0 Å². The van der Waals surface area contributed by atoms with Gasteiger partial charge in [-0.05, 0) is 18.9 Å². The van der Waals surface area contributed by atoms with E-state index in [1.54, 1.807) is 0 Å². The van der Waals surface area contributed by atoms with Crippen molar-refractivity contribution in [1.82, 2.24) is 10.6 Å². The molecule has 20 heavy (non-hydrogen) atoms. The van der Waals surface area contributed by atoms with Crippen LogP contribution in [0.5, 0.6) is 0 Å². The van der Waals surface area contributed by atoms with E-state index < -0.39 is 16.9 Å². The molecule has 1 aliphatic rings. The Bertz CT molecular complexity index is 576. The highest BCUT2D eigenvalue weighted by Crippen LogP contribution is 2.22. The van der Waals surface area contributed by atoms with Crippen LogP contribution in [0.2, 0.25) is 5.02 Å². The first-order valence-electron chi connectivity index (χ1n) is 6.01. The highest BCUT2D eigenvalue weighted by molar-refractivity contribution is 6.34. The van der Waals surface area contributed by atoms with E-state index in [1.807, 2.05) is 0 Å².